The standard InChI is InChI=1S/C17H21N3O2/c1-14-13-16(15-5-3-2-4-6-15)18-20(17(14)21)8-7-19-9-11-22-12-10-19/h2-6,13H,7-12H2,1H3. The van der Waals surface area contributed by atoms with E-state index in [2.05, 4.69) is 10.00 Å². The van der Waals surface area contributed by atoms with Crippen LogP contribution in [0.15, 0.2) is 41.2 Å². The molecule has 0 bridgehead atoms. The Kier molecular flexibility index (Phi) is 4.65. The first-order valence-corrected chi connectivity index (χ1v) is 7.68. The van der Waals surface area contributed by atoms with Gasteiger partial charge >= 0.3 is 0 Å². The summed E-state index contributed by atoms with van der Waals surface area (Å²) >= 11 is 0. The maximum Gasteiger partial charge on any atom is 0.269 e. The number of aromatic nitrogens is 2. The van der Waals surface area contributed by atoms with Crippen molar-refractivity contribution in [3.8, 4) is 11.3 Å². The zero-order chi connectivity index (χ0) is 15.4. The molecule has 1 aromatic carbocycles. The van der Waals surface area contributed by atoms with Crippen LogP contribution >= 0.6 is 0 Å². The van der Waals surface area contributed by atoms with Crippen LogP contribution in [0, 0.1) is 6.92 Å². The molecule has 1 aromatic heterocycles. The van der Waals surface area contributed by atoms with Gasteiger partial charge in [0, 0.05) is 30.8 Å². The summed E-state index contributed by atoms with van der Waals surface area (Å²) in [5, 5.41) is 4.53. The lowest BCUT2D eigenvalue weighted by Gasteiger charge is -2.26. The van der Waals surface area contributed by atoms with Crippen molar-refractivity contribution in [1.82, 2.24) is 14.7 Å². The summed E-state index contributed by atoms with van der Waals surface area (Å²) in [7, 11) is 0. The Labute approximate surface area is 130 Å². The highest BCUT2D eigenvalue weighted by Crippen LogP contribution is 2.15. The number of morpholine rings is 1. The number of aryl methyl sites for hydroxylation is 1. The van der Waals surface area contributed by atoms with Gasteiger partial charge in [0.25, 0.3) is 5.56 Å². The lowest BCUT2D eigenvalue weighted by molar-refractivity contribution is 0.0358. The third-order valence-electron chi connectivity index (χ3n) is 3.95. The monoisotopic (exact) mass is 299 g/mol. The van der Waals surface area contributed by atoms with Gasteiger partial charge in [-0.3, -0.25) is 9.69 Å². The third-order valence-corrected chi connectivity index (χ3v) is 3.95. The molecule has 0 N–H and O–H groups in total. The molecule has 2 heterocycles. The van der Waals surface area contributed by atoms with Gasteiger partial charge in [-0.05, 0) is 13.0 Å². The second-order valence-corrected chi connectivity index (χ2v) is 5.56. The van der Waals surface area contributed by atoms with Gasteiger partial charge in [0.1, 0.15) is 0 Å². The van der Waals surface area contributed by atoms with Crippen LogP contribution in [0.5, 0.6) is 0 Å². The number of rotatable bonds is 4. The van der Waals surface area contributed by atoms with E-state index in [1.165, 1.54) is 0 Å². The smallest absolute Gasteiger partial charge is 0.269 e. The molecule has 5 nitrogen and oxygen atoms in total. The number of ether oxygens (including phenoxy) is 1. The number of hydrogen-bond acceptors (Lipinski definition) is 4. The first-order valence-electron chi connectivity index (χ1n) is 7.68. The number of nitrogens with zero attached hydrogens (tertiary/aromatic N) is 3. The minimum Gasteiger partial charge on any atom is -0.379 e. The lowest BCUT2D eigenvalue weighted by Crippen LogP contribution is -2.40. The Bertz CT molecular complexity index is 676. The minimum absolute atomic E-state index is 0.00654. The van der Waals surface area contributed by atoms with Crippen LogP contribution in [0.2, 0.25) is 0 Å². The van der Waals surface area contributed by atoms with Crippen molar-refractivity contribution in [3.05, 3.63) is 52.3 Å². The summed E-state index contributed by atoms with van der Waals surface area (Å²) in [6.07, 6.45) is 0. The van der Waals surface area contributed by atoms with E-state index in [4.69, 9.17) is 4.74 Å². The molecule has 2 aromatic rings. The van der Waals surface area contributed by atoms with E-state index in [0.717, 1.165) is 49.7 Å². The summed E-state index contributed by atoms with van der Waals surface area (Å²) < 4.78 is 6.94. The van der Waals surface area contributed by atoms with Crippen molar-refractivity contribution < 1.29 is 4.74 Å². The van der Waals surface area contributed by atoms with E-state index in [9.17, 15) is 4.79 Å². The van der Waals surface area contributed by atoms with Crippen LogP contribution in [0.1, 0.15) is 5.56 Å². The molecule has 22 heavy (non-hydrogen) atoms. The number of benzene rings is 1. The third kappa shape index (κ3) is 3.43. The Morgan fingerprint density at radius 1 is 1.14 bits per heavy atom. The molecule has 5 heteroatoms. The Morgan fingerprint density at radius 3 is 2.59 bits per heavy atom. The Morgan fingerprint density at radius 2 is 1.86 bits per heavy atom. The van der Waals surface area contributed by atoms with Crippen molar-refractivity contribution in [2.45, 2.75) is 13.5 Å². The summed E-state index contributed by atoms with van der Waals surface area (Å²) in [5.74, 6) is 0. The van der Waals surface area contributed by atoms with Crippen LogP contribution < -0.4 is 5.56 Å². The van der Waals surface area contributed by atoms with E-state index in [1.807, 2.05) is 43.3 Å². The maximum absolute atomic E-state index is 12.3. The maximum atomic E-state index is 12.3. The molecule has 1 saturated heterocycles. The molecule has 116 valence electrons. The fraction of sp³-hybridized carbons (Fsp3) is 0.412. The zero-order valence-electron chi connectivity index (χ0n) is 12.9. The summed E-state index contributed by atoms with van der Waals surface area (Å²) in [4.78, 5) is 14.6. The molecule has 1 aliphatic heterocycles. The van der Waals surface area contributed by atoms with E-state index in [1.54, 1.807) is 4.68 Å². The Hall–Kier alpha value is -1.98. The van der Waals surface area contributed by atoms with Gasteiger partial charge in [-0.15, -0.1) is 0 Å². The Balaban J connectivity index is 1.81. The highest BCUT2D eigenvalue weighted by molar-refractivity contribution is 5.58. The number of hydrogen-bond donors (Lipinski definition) is 0. The predicted molar refractivity (Wildman–Crippen MR) is 85.9 cm³/mol. The quantitative estimate of drug-likeness (QED) is 0.859. The van der Waals surface area contributed by atoms with E-state index < -0.39 is 0 Å². The fourth-order valence-electron chi connectivity index (χ4n) is 2.64. The summed E-state index contributed by atoms with van der Waals surface area (Å²) in [6.45, 7) is 6.67. The molecule has 0 aliphatic carbocycles. The largest absolute Gasteiger partial charge is 0.379 e. The highest BCUT2D eigenvalue weighted by Gasteiger charge is 2.12. The summed E-state index contributed by atoms with van der Waals surface area (Å²) in [6, 6.07) is 11.8. The van der Waals surface area contributed by atoms with Crippen LogP contribution in [0.25, 0.3) is 11.3 Å². The van der Waals surface area contributed by atoms with Crippen LogP contribution in [-0.4, -0.2) is 47.5 Å². The second kappa shape index (κ2) is 6.85. The van der Waals surface area contributed by atoms with Gasteiger partial charge in [-0.25, -0.2) is 4.68 Å². The summed E-state index contributed by atoms with van der Waals surface area (Å²) in [5.41, 5.74) is 2.61. The van der Waals surface area contributed by atoms with Crippen LogP contribution in [0.3, 0.4) is 0 Å². The molecule has 1 aliphatic rings. The second-order valence-electron chi connectivity index (χ2n) is 5.56. The van der Waals surface area contributed by atoms with Gasteiger partial charge in [0.2, 0.25) is 0 Å². The van der Waals surface area contributed by atoms with E-state index >= 15 is 0 Å². The van der Waals surface area contributed by atoms with Crippen LogP contribution in [0.4, 0.5) is 0 Å². The van der Waals surface area contributed by atoms with E-state index in [0.29, 0.717) is 6.54 Å². The van der Waals surface area contributed by atoms with Crippen molar-refractivity contribution in [3.63, 3.8) is 0 Å². The molecule has 0 unspecified atom stereocenters. The van der Waals surface area contributed by atoms with Gasteiger partial charge in [-0.2, -0.15) is 5.10 Å². The van der Waals surface area contributed by atoms with Crippen molar-refractivity contribution in [2.75, 3.05) is 32.8 Å². The van der Waals surface area contributed by atoms with Gasteiger partial charge in [-0.1, -0.05) is 30.3 Å². The molecule has 0 saturated carbocycles. The highest BCUT2D eigenvalue weighted by atomic mass is 16.5. The van der Waals surface area contributed by atoms with Gasteiger partial charge < -0.3 is 4.74 Å². The minimum atomic E-state index is -0.00654. The molecule has 0 spiro atoms. The first kappa shape index (κ1) is 14.9. The van der Waals surface area contributed by atoms with Crippen molar-refractivity contribution in [1.29, 1.82) is 0 Å². The first-order chi connectivity index (χ1) is 10.7. The fourth-order valence-corrected chi connectivity index (χ4v) is 2.64. The molecular weight excluding hydrogens is 278 g/mol. The van der Waals surface area contributed by atoms with Crippen molar-refractivity contribution >= 4 is 0 Å². The molecule has 0 amide bonds. The molecule has 3 rings (SSSR count). The molecular formula is C17H21N3O2. The van der Waals surface area contributed by atoms with E-state index in [-0.39, 0.29) is 5.56 Å². The zero-order valence-corrected chi connectivity index (χ0v) is 12.9. The topological polar surface area (TPSA) is 47.4 Å². The normalized spacial score (nSPS) is 15.9. The van der Waals surface area contributed by atoms with Crippen LogP contribution in [-0.2, 0) is 11.3 Å². The predicted octanol–water partition coefficient (Wildman–Crippen LogP) is 1.55. The lowest BCUT2D eigenvalue weighted by atomic mass is 10.1. The SMILES string of the molecule is Cc1cc(-c2ccccc2)nn(CCN2CCOCC2)c1=O. The average molecular weight is 299 g/mol. The van der Waals surface area contributed by atoms with Crippen molar-refractivity contribution in [2.24, 2.45) is 0 Å². The van der Waals surface area contributed by atoms with Gasteiger partial charge in [0.05, 0.1) is 25.5 Å². The van der Waals surface area contributed by atoms with Gasteiger partial charge in [0.15, 0.2) is 0 Å². The average Bonchev–Trinajstić information content (AvgIpc) is 2.58. The molecule has 1 fully saturated rings. The molecule has 0 radical (unpaired) electrons. The molecule has 0 atom stereocenters.